The second-order valence-electron chi connectivity index (χ2n) is 2.79. The summed E-state index contributed by atoms with van der Waals surface area (Å²) in [6.45, 7) is -0.446. The van der Waals surface area contributed by atoms with Gasteiger partial charge in [-0.25, -0.2) is 0 Å². The molecule has 0 saturated carbocycles. The zero-order chi connectivity index (χ0) is 9.30. The van der Waals surface area contributed by atoms with Crippen LogP contribution in [0.3, 0.4) is 0 Å². The first-order valence-electron chi connectivity index (χ1n) is 3.64. The Bertz CT molecular complexity index is 150. The molecular formula is C6H13NO5. The van der Waals surface area contributed by atoms with Gasteiger partial charge in [0.25, 0.3) is 0 Å². The van der Waals surface area contributed by atoms with Crippen molar-refractivity contribution in [2.45, 2.75) is 30.6 Å². The van der Waals surface area contributed by atoms with Crippen LogP contribution in [0.2, 0.25) is 0 Å². The third-order valence-corrected chi connectivity index (χ3v) is 1.93. The van der Waals surface area contributed by atoms with Crippen LogP contribution in [0.5, 0.6) is 0 Å². The van der Waals surface area contributed by atoms with Crippen LogP contribution in [0.15, 0.2) is 0 Å². The Kier molecular flexibility index (Phi) is 2.99. The summed E-state index contributed by atoms with van der Waals surface area (Å²) in [5.41, 5.74) is 5.24. The number of rotatable bonds is 1. The molecule has 1 aliphatic rings. The third kappa shape index (κ3) is 1.58. The van der Waals surface area contributed by atoms with Crippen LogP contribution in [0.25, 0.3) is 0 Å². The van der Waals surface area contributed by atoms with E-state index in [1.54, 1.807) is 0 Å². The van der Waals surface area contributed by atoms with Crippen LogP contribution < -0.4 is 5.73 Å². The first-order chi connectivity index (χ1) is 5.57. The van der Waals surface area contributed by atoms with Gasteiger partial charge in [-0.15, -0.1) is 0 Å². The summed E-state index contributed by atoms with van der Waals surface area (Å²) in [5.74, 6) is 0. The quantitative estimate of drug-likeness (QED) is 0.288. The van der Waals surface area contributed by atoms with E-state index in [0.717, 1.165) is 0 Å². The first-order valence-corrected chi connectivity index (χ1v) is 3.64. The Labute approximate surface area is 69.2 Å². The van der Waals surface area contributed by atoms with Crippen molar-refractivity contribution >= 4 is 0 Å². The van der Waals surface area contributed by atoms with Gasteiger partial charge in [-0.3, -0.25) is 0 Å². The van der Waals surface area contributed by atoms with Crippen LogP contribution in [0, 0.1) is 0 Å². The van der Waals surface area contributed by atoms with E-state index in [1.165, 1.54) is 0 Å². The lowest BCUT2D eigenvalue weighted by Gasteiger charge is -2.38. The normalized spacial score (nSPS) is 49.2. The minimum absolute atomic E-state index is 0.446. The van der Waals surface area contributed by atoms with E-state index in [0.29, 0.717) is 0 Å². The van der Waals surface area contributed by atoms with Crippen LogP contribution in [-0.4, -0.2) is 57.7 Å². The Morgan fingerprint density at radius 1 is 1.08 bits per heavy atom. The number of hydrogen-bond acceptors (Lipinski definition) is 6. The van der Waals surface area contributed by atoms with Gasteiger partial charge in [0.05, 0.1) is 6.61 Å². The molecule has 0 aromatic rings. The monoisotopic (exact) mass is 179 g/mol. The first kappa shape index (κ1) is 9.85. The Morgan fingerprint density at radius 2 is 1.67 bits per heavy atom. The maximum absolute atomic E-state index is 9.18. The Balaban J connectivity index is 2.63. The molecule has 0 amide bonds. The van der Waals surface area contributed by atoms with E-state index in [9.17, 15) is 5.11 Å². The van der Waals surface area contributed by atoms with Crippen molar-refractivity contribution < 1.29 is 25.2 Å². The molecule has 1 unspecified atom stereocenters. The van der Waals surface area contributed by atoms with Gasteiger partial charge in [0, 0.05) is 0 Å². The molecular weight excluding hydrogens is 166 g/mol. The lowest BCUT2D eigenvalue weighted by Crippen LogP contribution is -2.61. The van der Waals surface area contributed by atoms with E-state index in [4.69, 9.17) is 25.8 Å². The molecule has 1 saturated heterocycles. The van der Waals surface area contributed by atoms with Crippen LogP contribution >= 0.6 is 0 Å². The smallest absolute Gasteiger partial charge is 0.135 e. The summed E-state index contributed by atoms with van der Waals surface area (Å²) >= 11 is 0. The van der Waals surface area contributed by atoms with Crippen molar-refractivity contribution in [3.05, 3.63) is 0 Å². The molecule has 72 valence electrons. The fourth-order valence-electron chi connectivity index (χ4n) is 1.13. The number of aliphatic hydroxyl groups excluding tert-OH is 4. The maximum Gasteiger partial charge on any atom is 0.135 e. The van der Waals surface area contributed by atoms with Gasteiger partial charge < -0.3 is 30.9 Å². The van der Waals surface area contributed by atoms with Crippen molar-refractivity contribution in [1.82, 2.24) is 0 Å². The topological polar surface area (TPSA) is 116 Å². The highest BCUT2D eigenvalue weighted by Crippen LogP contribution is 2.17. The fraction of sp³-hybridized carbons (Fsp3) is 1.00. The molecule has 0 aromatic carbocycles. The van der Waals surface area contributed by atoms with Crippen LogP contribution in [-0.2, 0) is 4.74 Å². The summed E-state index contributed by atoms with van der Waals surface area (Å²) in [4.78, 5) is 0. The molecule has 5 atom stereocenters. The predicted molar refractivity (Wildman–Crippen MR) is 38.0 cm³/mol. The lowest BCUT2D eigenvalue weighted by atomic mass is 9.99. The van der Waals surface area contributed by atoms with Crippen LogP contribution in [0.4, 0.5) is 0 Å². The van der Waals surface area contributed by atoms with Crippen molar-refractivity contribution in [2.75, 3.05) is 6.61 Å². The second kappa shape index (κ2) is 3.65. The molecule has 1 fully saturated rings. The molecule has 0 spiro atoms. The van der Waals surface area contributed by atoms with Gasteiger partial charge in [-0.05, 0) is 0 Å². The molecule has 0 aliphatic carbocycles. The summed E-state index contributed by atoms with van der Waals surface area (Å²) in [5, 5.41) is 36.1. The van der Waals surface area contributed by atoms with Crippen molar-refractivity contribution in [1.29, 1.82) is 0 Å². The molecule has 1 aliphatic heterocycles. The average Bonchev–Trinajstić information content (AvgIpc) is 2.08. The summed E-state index contributed by atoms with van der Waals surface area (Å²) < 4.78 is 4.80. The van der Waals surface area contributed by atoms with Crippen molar-refractivity contribution in [2.24, 2.45) is 5.73 Å². The molecule has 6 nitrogen and oxygen atoms in total. The summed E-state index contributed by atoms with van der Waals surface area (Å²) in [7, 11) is 0. The zero-order valence-electron chi connectivity index (χ0n) is 6.37. The van der Waals surface area contributed by atoms with E-state index in [2.05, 4.69) is 0 Å². The van der Waals surface area contributed by atoms with Crippen molar-refractivity contribution in [3.8, 4) is 0 Å². The molecule has 1 rings (SSSR count). The number of hydrogen-bond donors (Lipinski definition) is 5. The molecule has 12 heavy (non-hydrogen) atoms. The van der Waals surface area contributed by atoms with Gasteiger partial charge in [0.2, 0.25) is 0 Å². The highest BCUT2D eigenvalue weighted by atomic mass is 16.6. The molecule has 6 N–H and O–H groups in total. The molecule has 1 heterocycles. The average molecular weight is 179 g/mol. The minimum atomic E-state index is -1.37. The maximum atomic E-state index is 9.18. The van der Waals surface area contributed by atoms with Gasteiger partial charge >= 0.3 is 0 Å². The molecule has 0 radical (unpaired) electrons. The lowest BCUT2D eigenvalue weighted by molar-refractivity contribution is -0.227. The molecule has 0 bridgehead atoms. The number of aliphatic hydroxyl groups is 4. The minimum Gasteiger partial charge on any atom is -0.394 e. The third-order valence-electron chi connectivity index (χ3n) is 1.93. The van der Waals surface area contributed by atoms with Crippen molar-refractivity contribution in [3.63, 3.8) is 0 Å². The SMILES string of the molecule is NC1O[C@H](CO)[C@@H](O)[C@H](O)[C@@H]1O. The summed E-state index contributed by atoms with van der Waals surface area (Å²) in [6.07, 6.45) is -5.99. The predicted octanol–water partition coefficient (Wildman–Crippen LogP) is -3.25. The van der Waals surface area contributed by atoms with Gasteiger partial charge in [-0.2, -0.15) is 0 Å². The molecule has 0 aromatic heterocycles. The highest BCUT2D eigenvalue weighted by Gasteiger charge is 2.41. The summed E-state index contributed by atoms with van der Waals surface area (Å²) in [6, 6.07) is 0. The fourth-order valence-corrected chi connectivity index (χ4v) is 1.13. The standard InChI is InChI=1S/C6H13NO5/c7-6-5(11)4(10)3(9)2(1-8)12-6/h2-6,8-11H,1,7H2/t2-,3-,4+,5+,6?/m1/s1. The van der Waals surface area contributed by atoms with Gasteiger partial charge in [0.15, 0.2) is 0 Å². The Hall–Kier alpha value is -0.240. The largest absolute Gasteiger partial charge is 0.394 e. The number of ether oxygens (including phenoxy) is 1. The highest BCUT2D eigenvalue weighted by molar-refractivity contribution is 4.89. The van der Waals surface area contributed by atoms with E-state index in [-0.39, 0.29) is 0 Å². The Morgan fingerprint density at radius 3 is 2.17 bits per heavy atom. The van der Waals surface area contributed by atoms with E-state index in [1.807, 2.05) is 0 Å². The zero-order valence-corrected chi connectivity index (χ0v) is 6.37. The van der Waals surface area contributed by atoms with Crippen LogP contribution in [0.1, 0.15) is 0 Å². The van der Waals surface area contributed by atoms with E-state index < -0.39 is 37.3 Å². The van der Waals surface area contributed by atoms with Gasteiger partial charge in [-0.1, -0.05) is 0 Å². The van der Waals surface area contributed by atoms with Gasteiger partial charge in [0.1, 0.15) is 30.6 Å². The second-order valence-corrected chi connectivity index (χ2v) is 2.79. The number of nitrogens with two attached hydrogens (primary N) is 1. The van der Waals surface area contributed by atoms with E-state index >= 15 is 0 Å². The molecule has 6 heteroatoms.